The molecule has 7 heteroatoms. The Bertz CT molecular complexity index is 1080. The first-order valence-corrected chi connectivity index (χ1v) is 12.1. The van der Waals surface area contributed by atoms with Crippen LogP contribution in [0.4, 0.5) is 10.5 Å². The largest absolute Gasteiger partial charge is 0.326 e. The molecule has 7 nitrogen and oxygen atoms in total. The van der Waals surface area contributed by atoms with Crippen molar-refractivity contribution < 1.29 is 14.4 Å². The molecule has 0 saturated carbocycles. The van der Waals surface area contributed by atoms with Crippen LogP contribution >= 0.6 is 0 Å². The van der Waals surface area contributed by atoms with Gasteiger partial charge in [0.05, 0.1) is 0 Å². The fraction of sp³-hybridized carbons (Fsp3) is 0.444. The number of fused-ring (bicyclic) bond motifs is 1. The molecule has 2 fully saturated rings. The molecule has 2 saturated heterocycles. The molecule has 5 rings (SSSR count). The highest BCUT2D eigenvalue weighted by Crippen LogP contribution is 2.36. The van der Waals surface area contributed by atoms with Crippen molar-refractivity contribution in [3.63, 3.8) is 0 Å². The minimum Gasteiger partial charge on any atom is -0.326 e. The van der Waals surface area contributed by atoms with Crippen molar-refractivity contribution >= 4 is 23.5 Å². The average molecular weight is 461 g/mol. The predicted octanol–water partition coefficient (Wildman–Crippen LogP) is 3.33. The van der Waals surface area contributed by atoms with Crippen molar-refractivity contribution in [2.75, 3.05) is 18.4 Å². The van der Waals surface area contributed by atoms with Gasteiger partial charge in [0.2, 0.25) is 5.91 Å². The third-order valence-corrected chi connectivity index (χ3v) is 7.73. The third kappa shape index (κ3) is 4.20. The number of piperidine rings is 1. The molecule has 2 aromatic rings. The van der Waals surface area contributed by atoms with Gasteiger partial charge in [0, 0.05) is 25.2 Å². The van der Waals surface area contributed by atoms with Gasteiger partial charge in [-0.1, -0.05) is 36.4 Å². The molecular formula is C27H32N4O3. The lowest BCUT2D eigenvalue weighted by atomic mass is 9.78. The second kappa shape index (κ2) is 8.87. The smallest absolute Gasteiger partial charge is 0.325 e. The lowest BCUT2D eigenvalue weighted by Crippen LogP contribution is -2.54. The van der Waals surface area contributed by atoms with E-state index in [1.54, 1.807) is 0 Å². The van der Waals surface area contributed by atoms with Gasteiger partial charge >= 0.3 is 6.03 Å². The molecule has 2 aromatic carbocycles. The number of likely N-dealkylation sites (tertiary alicyclic amines) is 1. The van der Waals surface area contributed by atoms with Crippen molar-refractivity contribution in [1.29, 1.82) is 0 Å². The Morgan fingerprint density at radius 1 is 1.03 bits per heavy atom. The van der Waals surface area contributed by atoms with E-state index in [-0.39, 0.29) is 29.8 Å². The van der Waals surface area contributed by atoms with Gasteiger partial charge in [-0.2, -0.15) is 0 Å². The van der Waals surface area contributed by atoms with E-state index >= 15 is 0 Å². The highest BCUT2D eigenvalue weighted by molar-refractivity contribution is 6.07. The molecule has 3 aliphatic rings. The van der Waals surface area contributed by atoms with Gasteiger partial charge < -0.3 is 10.6 Å². The van der Waals surface area contributed by atoms with E-state index in [1.165, 1.54) is 28.5 Å². The summed E-state index contributed by atoms with van der Waals surface area (Å²) in [6, 6.07) is 15.8. The number of rotatable bonds is 5. The molecule has 2 N–H and O–H groups in total. The lowest BCUT2D eigenvalue weighted by molar-refractivity contribution is -0.134. The standard InChI is InChI=1S/C27H32N4O3/c1-18(32)28-23-9-7-19(8-10-23)17-30-13-11-22(12-14-30)27(2)25(33)31(26(34)29-27)24-15-20-5-3-4-6-21(20)16-24/h3-10,22,24H,11-17H2,1-2H3,(H,28,32)(H,29,34)/t27-/m1/s1. The number of amides is 4. The van der Waals surface area contributed by atoms with Crippen LogP contribution in [0.25, 0.3) is 0 Å². The van der Waals surface area contributed by atoms with Crippen LogP contribution in [0.5, 0.6) is 0 Å². The van der Waals surface area contributed by atoms with Crippen molar-refractivity contribution in [1.82, 2.24) is 15.1 Å². The van der Waals surface area contributed by atoms with E-state index in [0.717, 1.165) is 51.0 Å². The quantitative estimate of drug-likeness (QED) is 0.671. The molecule has 0 spiro atoms. The number of hydrogen-bond acceptors (Lipinski definition) is 4. The van der Waals surface area contributed by atoms with E-state index in [4.69, 9.17) is 0 Å². The zero-order chi connectivity index (χ0) is 23.9. The molecule has 1 aliphatic carbocycles. The Morgan fingerprint density at radius 3 is 2.24 bits per heavy atom. The number of nitrogens with one attached hydrogen (secondary N) is 2. The first kappa shape index (κ1) is 22.6. The molecule has 0 unspecified atom stereocenters. The average Bonchev–Trinajstić information content (AvgIpc) is 3.33. The Hall–Kier alpha value is -3.19. The van der Waals surface area contributed by atoms with E-state index in [0.29, 0.717) is 0 Å². The van der Waals surface area contributed by atoms with Gasteiger partial charge in [0.15, 0.2) is 0 Å². The van der Waals surface area contributed by atoms with E-state index in [2.05, 4.69) is 27.7 Å². The van der Waals surface area contributed by atoms with Gasteiger partial charge in [-0.05, 0) is 80.4 Å². The number of nitrogens with zero attached hydrogens (tertiary/aromatic N) is 2. The summed E-state index contributed by atoms with van der Waals surface area (Å²) in [5.74, 6) is -0.0219. The molecule has 178 valence electrons. The van der Waals surface area contributed by atoms with E-state index < -0.39 is 5.54 Å². The molecular weight excluding hydrogens is 428 g/mol. The van der Waals surface area contributed by atoms with Crippen LogP contribution < -0.4 is 10.6 Å². The molecule has 0 radical (unpaired) electrons. The molecule has 2 heterocycles. The fourth-order valence-corrected chi connectivity index (χ4v) is 5.83. The first-order chi connectivity index (χ1) is 16.3. The minimum atomic E-state index is -0.835. The Balaban J connectivity index is 1.19. The number of imide groups is 1. The van der Waals surface area contributed by atoms with Crippen molar-refractivity contribution in [3.8, 4) is 0 Å². The third-order valence-electron chi connectivity index (χ3n) is 7.73. The molecule has 34 heavy (non-hydrogen) atoms. The van der Waals surface area contributed by atoms with Crippen LogP contribution in [-0.4, -0.2) is 52.3 Å². The molecule has 0 bridgehead atoms. The Kier molecular flexibility index (Phi) is 5.90. The summed E-state index contributed by atoms with van der Waals surface area (Å²) in [4.78, 5) is 41.6. The lowest BCUT2D eigenvalue weighted by Gasteiger charge is -2.39. The van der Waals surface area contributed by atoms with Crippen molar-refractivity contribution in [2.24, 2.45) is 5.92 Å². The number of carbonyl (C=O) groups excluding carboxylic acids is 3. The SMILES string of the molecule is CC(=O)Nc1ccc(CN2CCC([C@@]3(C)NC(=O)N(C4Cc5ccccc5C4)C3=O)CC2)cc1. The monoisotopic (exact) mass is 460 g/mol. The van der Waals surface area contributed by atoms with Crippen LogP contribution in [0, 0.1) is 5.92 Å². The maximum absolute atomic E-state index is 13.6. The van der Waals surface area contributed by atoms with Gasteiger partial charge in [-0.3, -0.25) is 19.4 Å². The Labute approximate surface area is 200 Å². The fourth-order valence-electron chi connectivity index (χ4n) is 5.83. The number of benzene rings is 2. The van der Waals surface area contributed by atoms with Crippen LogP contribution in [0.15, 0.2) is 48.5 Å². The summed E-state index contributed by atoms with van der Waals surface area (Å²) in [6.07, 6.45) is 3.21. The molecule has 0 aromatic heterocycles. The predicted molar refractivity (Wildman–Crippen MR) is 130 cm³/mol. The molecule has 2 aliphatic heterocycles. The first-order valence-electron chi connectivity index (χ1n) is 12.1. The minimum absolute atomic E-state index is 0.0673. The number of hydrogen-bond donors (Lipinski definition) is 2. The van der Waals surface area contributed by atoms with Crippen LogP contribution in [0.3, 0.4) is 0 Å². The normalized spacial score (nSPS) is 23.8. The van der Waals surface area contributed by atoms with Crippen LogP contribution in [-0.2, 0) is 29.0 Å². The topological polar surface area (TPSA) is 81.8 Å². The van der Waals surface area contributed by atoms with Gasteiger partial charge in [-0.25, -0.2) is 4.79 Å². The van der Waals surface area contributed by atoms with Crippen LogP contribution in [0.2, 0.25) is 0 Å². The van der Waals surface area contributed by atoms with Gasteiger partial charge in [0.25, 0.3) is 5.91 Å². The highest BCUT2D eigenvalue weighted by Gasteiger charge is 2.55. The highest BCUT2D eigenvalue weighted by atomic mass is 16.2. The molecule has 1 atom stereocenters. The molecule has 4 amide bonds. The van der Waals surface area contributed by atoms with Gasteiger partial charge in [-0.15, -0.1) is 0 Å². The summed E-state index contributed by atoms with van der Waals surface area (Å²) in [7, 11) is 0. The summed E-state index contributed by atoms with van der Waals surface area (Å²) in [5, 5.41) is 5.86. The van der Waals surface area contributed by atoms with Crippen LogP contribution in [0.1, 0.15) is 43.4 Å². The number of carbonyl (C=O) groups is 3. The summed E-state index contributed by atoms with van der Waals surface area (Å²) in [6.45, 7) is 6.01. The Morgan fingerprint density at radius 2 is 1.65 bits per heavy atom. The van der Waals surface area contributed by atoms with Gasteiger partial charge in [0.1, 0.15) is 5.54 Å². The summed E-state index contributed by atoms with van der Waals surface area (Å²) < 4.78 is 0. The zero-order valence-corrected chi connectivity index (χ0v) is 19.8. The maximum Gasteiger partial charge on any atom is 0.325 e. The second-order valence-corrected chi connectivity index (χ2v) is 10.1. The van der Waals surface area contributed by atoms with Crippen molar-refractivity contribution in [2.45, 2.75) is 57.7 Å². The summed E-state index contributed by atoms with van der Waals surface area (Å²) in [5.41, 5.74) is 3.63. The number of urea groups is 1. The van der Waals surface area contributed by atoms with E-state index in [1.807, 2.05) is 43.3 Å². The second-order valence-electron chi connectivity index (χ2n) is 10.1. The number of anilines is 1. The summed E-state index contributed by atoms with van der Waals surface area (Å²) >= 11 is 0. The zero-order valence-electron chi connectivity index (χ0n) is 19.8. The maximum atomic E-state index is 13.6. The van der Waals surface area contributed by atoms with Crippen molar-refractivity contribution in [3.05, 3.63) is 65.2 Å². The van der Waals surface area contributed by atoms with E-state index in [9.17, 15) is 14.4 Å².